The minimum Gasteiger partial charge on any atom is -0.435 e. The zero-order chi connectivity index (χ0) is 17.3. The summed E-state index contributed by atoms with van der Waals surface area (Å²) in [6, 6.07) is 8.59. The molecule has 3 rings (SSSR count). The molecule has 2 N–H and O–H groups in total. The number of aromatic amines is 1. The van der Waals surface area contributed by atoms with E-state index < -0.39 is 0 Å². The number of hydrogen-bond donors (Lipinski definition) is 2. The van der Waals surface area contributed by atoms with Crippen molar-refractivity contribution in [3.63, 3.8) is 0 Å². The van der Waals surface area contributed by atoms with Gasteiger partial charge in [-0.1, -0.05) is 38.5 Å². The monoisotopic (exact) mass is 326 g/mol. The molecule has 2 aromatic heterocycles. The zero-order valence-corrected chi connectivity index (χ0v) is 15.3. The fourth-order valence-electron chi connectivity index (χ4n) is 3.23. The number of benzene rings is 1. The summed E-state index contributed by atoms with van der Waals surface area (Å²) in [7, 11) is 4.36. The number of rotatable bonds is 6. The lowest BCUT2D eigenvalue weighted by Gasteiger charge is -2.21. The maximum Gasteiger partial charge on any atom is 0.254 e. The summed E-state index contributed by atoms with van der Waals surface area (Å²) in [5.41, 5.74) is 3.18. The SMILES string of the molecule is CC[C@H](C)C[C@@H](c1nc(C)c(-c2c[nH]c3ccccc23)o1)[NH+](C)C. The standard InChI is InChI=1S/C20H27N3O/c1-6-13(2)11-18(23(4)5)20-22-14(3)19(24-20)16-12-21-17-10-8-7-9-15(16)17/h7-10,12-13,18,21H,6,11H2,1-5H3/p+1/t13-,18-/m0/s1. The van der Waals surface area contributed by atoms with Crippen molar-refractivity contribution >= 4 is 10.9 Å². The second kappa shape index (κ2) is 6.81. The van der Waals surface area contributed by atoms with Crippen LogP contribution in [0, 0.1) is 12.8 Å². The summed E-state index contributed by atoms with van der Waals surface area (Å²) in [4.78, 5) is 9.47. The Morgan fingerprint density at radius 3 is 2.71 bits per heavy atom. The molecule has 24 heavy (non-hydrogen) atoms. The van der Waals surface area contributed by atoms with Gasteiger partial charge in [-0.15, -0.1) is 0 Å². The van der Waals surface area contributed by atoms with Gasteiger partial charge in [-0.2, -0.15) is 0 Å². The Morgan fingerprint density at radius 1 is 1.25 bits per heavy atom. The van der Waals surface area contributed by atoms with Crippen molar-refractivity contribution in [3.8, 4) is 11.3 Å². The first-order valence-corrected chi connectivity index (χ1v) is 8.85. The summed E-state index contributed by atoms with van der Waals surface area (Å²) in [6.45, 7) is 6.58. The number of nitrogens with zero attached hydrogens (tertiary/aromatic N) is 1. The molecule has 2 atom stereocenters. The lowest BCUT2D eigenvalue weighted by atomic mass is 9.99. The molecule has 0 amide bonds. The minimum absolute atomic E-state index is 0.289. The van der Waals surface area contributed by atoms with E-state index in [-0.39, 0.29) is 6.04 Å². The highest BCUT2D eigenvalue weighted by Gasteiger charge is 2.27. The predicted molar refractivity (Wildman–Crippen MR) is 98.2 cm³/mol. The van der Waals surface area contributed by atoms with Gasteiger partial charge >= 0.3 is 0 Å². The fraction of sp³-hybridized carbons (Fsp3) is 0.450. The molecule has 0 saturated heterocycles. The van der Waals surface area contributed by atoms with Gasteiger partial charge in [-0.25, -0.2) is 4.98 Å². The first-order chi connectivity index (χ1) is 11.5. The molecule has 0 radical (unpaired) electrons. The predicted octanol–water partition coefficient (Wildman–Crippen LogP) is 3.75. The van der Waals surface area contributed by atoms with E-state index in [1.165, 1.54) is 16.7 Å². The molecule has 0 aliphatic carbocycles. The molecular weight excluding hydrogens is 298 g/mol. The van der Waals surface area contributed by atoms with Crippen molar-refractivity contribution in [2.75, 3.05) is 14.1 Å². The van der Waals surface area contributed by atoms with Gasteiger partial charge in [-0.05, 0) is 18.9 Å². The smallest absolute Gasteiger partial charge is 0.254 e. The van der Waals surface area contributed by atoms with Crippen LogP contribution in [0.15, 0.2) is 34.9 Å². The summed E-state index contributed by atoms with van der Waals surface area (Å²) in [5.74, 6) is 2.40. The van der Waals surface area contributed by atoms with Crippen LogP contribution < -0.4 is 4.90 Å². The van der Waals surface area contributed by atoms with E-state index in [0.717, 1.165) is 34.8 Å². The first kappa shape index (κ1) is 16.8. The number of aryl methyl sites for hydroxylation is 1. The summed E-state index contributed by atoms with van der Waals surface area (Å²) >= 11 is 0. The van der Waals surface area contributed by atoms with Crippen LogP contribution in [-0.4, -0.2) is 24.1 Å². The highest BCUT2D eigenvalue weighted by molar-refractivity contribution is 5.94. The lowest BCUT2D eigenvalue weighted by Crippen LogP contribution is -3.06. The quantitative estimate of drug-likeness (QED) is 0.724. The Kier molecular flexibility index (Phi) is 4.76. The fourth-order valence-corrected chi connectivity index (χ4v) is 3.23. The van der Waals surface area contributed by atoms with Crippen molar-refractivity contribution in [1.29, 1.82) is 0 Å². The average Bonchev–Trinajstić information content (AvgIpc) is 3.15. The molecule has 0 bridgehead atoms. The van der Waals surface area contributed by atoms with E-state index in [1.807, 2.05) is 19.2 Å². The maximum atomic E-state index is 6.28. The Labute approximate surface area is 143 Å². The topological polar surface area (TPSA) is 46.3 Å². The Hall–Kier alpha value is -2.07. The van der Waals surface area contributed by atoms with Crippen LogP contribution in [0.2, 0.25) is 0 Å². The van der Waals surface area contributed by atoms with Crippen molar-refractivity contribution in [3.05, 3.63) is 42.0 Å². The van der Waals surface area contributed by atoms with E-state index in [4.69, 9.17) is 9.40 Å². The maximum absolute atomic E-state index is 6.28. The number of aromatic nitrogens is 2. The van der Waals surface area contributed by atoms with Crippen LogP contribution in [0.5, 0.6) is 0 Å². The largest absolute Gasteiger partial charge is 0.435 e. The van der Waals surface area contributed by atoms with E-state index in [9.17, 15) is 0 Å². The van der Waals surface area contributed by atoms with Crippen LogP contribution in [0.3, 0.4) is 0 Å². The average molecular weight is 326 g/mol. The van der Waals surface area contributed by atoms with Gasteiger partial charge in [0, 0.05) is 29.1 Å². The van der Waals surface area contributed by atoms with Gasteiger partial charge in [-0.3, -0.25) is 0 Å². The minimum atomic E-state index is 0.289. The molecule has 0 unspecified atom stereocenters. The number of nitrogens with one attached hydrogen (secondary N) is 2. The Morgan fingerprint density at radius 2 is 2.00 bits per heavy atom. The molecule has 0 fully saturated rings. The Bertz CT molecular complexity index is 815. The molecule has 4 heteroatoms. The number of H-pyrrole nitrogens is 1. The van der Waals surface area contributed by atoms with Crippen molar-refractivity contribution in [2.45, 2.75) is 39.7 Å². The van der Waals surface area contributed by atoms with Crippen molar-refractivity contribution in [2.24, 2.45) is 5.92 Å². The van der Waals surface area contributed by atoms with E-state index in [2.05, 4.69) is 51.1 Å². The molecule has 3 aromatic rings. The molecule has 0 aliphatic rings. The highest BCUT2D eigenvalue weighted by Crippen LogP contribution is 2.33. The number of oxazole rings is 1. The summed E-state index contributed by atoms with van der Waals surface area (Å²) in [5, 5.41) is 1.18. The molecule has 4 nitrogen and oxygen atoms in total. The number of para-hydroxylation sites is 1. The molecular formula is C20H28N3O+. The molecule has 0 spiro atoms. The summed E-state index contributed by atoms with van der Waals surface area (Å²) in [6.07, 6.45) is 4.29. The summed E-state index contributed by atoms with van der Waals surface area (Å²) < 4.78 is 6.28. The van der Waals surface area contributed by atoms with Crippen LogP contribution in [-0.2, 0) is 0 Å². The van der Waals surface area contributed by atoms with Crippen molar-refractivity contribution in [1.82, 2.24) is 9.97 Å². The number of quaternary nitrogens is 1. The first-order valence-electron chi connectivity index (χ1n) is 8.85. The van der Waals surface area contributed by atoms with Crippen LogP contribution in [0.4, 0.5) is 0 Å². The normalized spacial score (nSPS) is 14.4. The second-order valence-electron chi connectivity index (χ2n) is 7.09. The van der Waals surface area contributed by atoms with Gasteiger partial charge in [0.15, 0.2) is 11.8 Å². The third-order valence-corrected chi connectivity index (χ3v) is 4.98. The van der Waals surface area contributed by atoms with Gasteiger partial charge in [0.2, 0.25) is 0 Å². The second-order valence-corrected chi connectivity index (χ2v) is 7.09. The van der Waals surface area contributed by atoms with Crippen LogP contribution in [0.25, 0.3) is 22.2 Å². The van der Waals surface area contributed by atoms with Gasteiger partial charge in [0.05, 0.1) is 19.8 Å². The van der Waals surface area contributed by atoms with Crippen molar-refractivity contribution < 1.29 is 9.32 Å². The zero-order valence-electron chi connectivity index (χ0n) is 15.3. The van der Waals surface area contributed by atoms with E-state index in [1.54, 1.807) is 0 Å². The highest BCUT2D eigenvalue weighted by atomic mass is 16.4. The van der Waals surface area contributed by atoms with Crippen LogP contribution in [0.1, 0.15) is 44.3 Å². The molecule has 0 aliphatic heterocycles. The van der Waals surface area contributed by atoms with E-state index >= 15 is 0 Å². The van der Waals surface area contributed by atoms with Gasteiger partial charge in [0.1, 0.15) is 0 Å². The Balaban J connectivity index is 2.00. The van der Waals surface area contributed by atoms with Gasteiger partial charge < -0.3 is 14.3 Å². The third-order valence-electron chi connectivity index (χ3n) is 4.98. The molecule has 0 saturated carbocycles. The van der Waals surface area contributed by atoms with Gasteiger partial charge in [0.25, 0.3) is 5.89 Å². The van der Waals surface area contributed by atoms with E-state index in [0.29, 0.717) is 5.92 Å². The number of fused-ring (bicyclic) bond motifs is 1. The molecule has 1 aromatic carbocycles. The molecule has 2 heterocycles. The third kappa shape index (κ3) is 3.11. The molecule has 128 valence electrons. The number of hydrogen-bond acceptors (Lipinski definition) is 2. The van der Waals surface area contributed by atoms with Crippen LogP contribution >= 0.6 is 0 Å². The lowest BCUT2D eigenvalue weighted by molar-refractivity contribution is -0.894.